The number of rotatable bonds is 7. The van der Waals surface area contributed by atoms with Crippen molar-refractivity contribution in [2.75, 3.05) is 13.1 Å². The molecule has 0 aliphatic rings. The van der Waals surface area contributed by atoms with E-state index in [1.807, 2.05) is 18.2 Å². The molecule has 0 aromatic heterocycles. The Labute approximate surface area is 110 Å². The zero-order chi connectivity index (χ0) is 13.4. The lowest BCUT2D eigenvalue weighted by molar-refractivity contribution is -0.120. The molecule has 1 aromatic rings. The van der Waals surface area contributed by atoms with E-state index in [4.69, 9.17) is 0 Å². The number of benzene rings is 1. The highest BCUT2D eigenvalue weighted by atomic mass is 16.1. The maximum atomic E-state index is 11.6. The third kappa shape index (κ3) is 5.82. The molecular weight excluding hydrogens is 224 g/mol. The molecule has 1 rings (SSSR count). The summed E-state index contributed by atoms with van der Waals surface area (Å²) >= 11 is 0. The Bertz CT molecular complexity index is 349. The molecule has 0 aliphatic carbocycles. The van der Waals surface area contributed by atoms with Crippen molar-refractivity contribution >= 4 is 5.91 Å². The van der Waals surface area contributed by atoms with Crippen molar-refractivity contribution in [2.24, 2.45) is 5.92 Å². The van der Waals surface area contributed by atoms with Gasteiger partial charge in [-0.15, -0.1) is 0 Å². The van der Waals surface area contributed by atoms with Gasteiger partial charge in [0.1, 0.15) is 0 Å². The monoisotopic (exact) mass is 248 g/mol. The van der Waals surface area contributed by atoms with Crippen molar-refractivity contribution in [3.8, 4) is 0 Å². The fraction of sp³-hybridized carbons (Fsp3) is 0.533. The first-order chi connectivity index (χ1) is 8.59. The third-order valence-corrected chi connectivity index (χ3v) is 2.91. The number of hydrogen-bond donors (Lipinski definition) is 2. The second-order valence-corrected chi connectivity index (χ2v) is 5.05. The summed E-state index contributed by atoms with van der Waals surface area (Å²) in [4.78, 5) is 11.6. The van der Waals surface area contributed by atoms with Crippen LogP contribution in [0.3, 0.4) is 0 Å². The summed E-state index contributed by atoms with van der Waals surface area (Å²) in [5.74, 6) is 0.694. The van der Waals surface area contributed by atoms with Crippen LogP contribution in [0.4, 0.5) is 0 Å². The summed E-state index contributed by atoms with van der Waals surface area (Å²) in [6, 6.07) is 10.3. The van der Waals surface area contributed by atoms with E-state index >= 15 is 0 Å². The van der Waals surface area contributed by atoms with Crippen LogP contribution < -0.4 is 10.6 Å². The predicted molar refractivity (Wildman–Crippen MR) is 75.3 cm³/mol. The molecule has 2 N–H and O–H groups in total. The standard InChI is InChI=1S/C15H24N2O/c1-12(2)9-10-16-15(18)11-17-13(3)14-7-5-4-6-8-14/h4-8,12-13,17H,9-11H2,1-3H3,(H,16,18)/t13-/m1/s1. The van der Waals surface area contributed by atoms with Crippen molar-refractivity contribution in [1.29, 1.82) is 0 Å². The van der Waals surface area contributed by atoms with E-state index in [2.05, 4.69) is 43.5 Å². The van der Waals surface area contributed by atoms with E-state index in [0.29, 0.717) is 12.5 Å². The summed E-state index contributed by atoms with van der Waals surface area (Å²) in [6.45, 7) is 7.51. The molecule has 0 saturated heterocycles. The average molecular weight is 248 g/mol. The van der Waals surface area contributed by atoms with Crippen molar-refractivity contribution in [1.82, 2.24) is 10.6 Å². The minimum absolute atomic E-state index is 0.0680. The lowest BCUT2D eigenvalue weighted by Gasteiger charge is -2.14. The number of carbonyl (C=O) groups is 1. The molecular formula is C15H24N2O. The van der Waals surface area contributed by atoms with Crippen molar-refractivity contribution in [3.05, 3.63) is 35.9 Å². The van der Waals surface area contributed by atoms with Gasteiger partial charge in [-0.1, -0.05) is 44.2 Å². The minimum Gasteiger partial charge on any atom is -0.355 e. The van der Waals surface area contributed by atoms with Crippen molar-refractivity contribution in [3.63, 3.8) is 0 Å². The number of carbonyl (C=O) groups excluding carboxylic acids is 1. The molecule has 0 fully saturated rings. The second kappa shape index (κ2) is 7.88. The predicted octanol–water partition coefficient (Wildman–Crippen LogP) is 2.50. The van der Waals surface area contributed by atoms with Gasteiger partial charge in [-0.25, -0.2) is 0 Å². The van der Waals surface area contributed by atoms with Gasteiger partial charge in [-0.2, -0.15) is 0 Å². The lowest BCUT2D eigenvalue weighted by atomic mass is 10.1. The molecule has 18 heavy (non-hydrogen) atoms. The molecule has 0 aliphatic heterocycles. The van der Waals surface area contributed by atoms with Crippen LogP contribution in [-0.2, 0) is 4.79 Å². The number of nitrogens with one attached hydrogen (secondary N) is 2. The molecule has 1 amide bonds. The summed E-state index contributed by atoms with van der Waals surface area (Å²) in [5, 5.41) is 6.14. The molecule has 0 saturated carbocycles. The molecule has 100 valence electrons. The Morgan fingerprint density at radius 3 is 2.44 bits per heavy atom. The van der Waals surface area contributed by atoms with Crippen molar-refractivity contribution in [2.45, 2.75) is 33.2 Å². The van der Waals surface area contributed by atoms with Crippen LogP contribution in [0.1, 0.15) is 38.8 Å². The molecule has 3 nitrogen and oxygen atoms in total. The molecule has 3 heteroatoms. The topological polar surface area (TPSA) is 41.1 Å². The smallest absolute Gasteiger partial charge is 0.233 e. The van der Waals surface area contributed by atoms with Crippen LogP contribution in [0.5, 0.6) is 0 Å². The fourth-order valence-electron chi connectivity index (χ4n) is 1.67. The maximum absolute atomic E-state index is 11.6. The summed E-state index contributed by atoms with van der Waals surface area (Å²) in [5.41, 5.74) is 1.20. The molecule has 0 unspecified atom stereocenters. The highest BCUT2D eigenvalue weighted by Crippen LogP contribution is 2.10. The van der Waals surface area contributed by atoms with Crippen LogP contribution in [0, 0.1) is 5.92 Å². The molecule has 1 aromatic carbocycles. The van der Waals surface area contributed by atoms with Gasteiger partial charge < -0.3 is 10.6 Å². The van der Waals surface area contributed by atoms with E-state index < -0.39 is 0 Å². The highest BCUT2D eigenvalue weighted by Gasteiger charge is 2.06. The van der Waals surface area contributed by atoms with Gasteiger partial charge in [-0.3, -0.25) is 4.79 Å². The summed E-state index contributed by atoms with van der Waals surface area (Å²) in [6.07, 6.45) is 1.03. The van der Waals surface area contributed by atoms with E-state index in [0.717, 1.165) is 13.0 Å². The molecule has 0 radical (unpaired) electrons. The summed E-state index contributed by atoms with van der Waals surface area (Å²) in [7, 11) is 0. The van der Waals surface area contributed by atoms with Gasteiger partial charge >= 0.3 is 0 Å². The molecule has 0 bridgehead atoms. The maximum Gasteiger partial charge on any atom is 0.233 e. The second-order valence-electron chi connectivity index (χ2n) is 5.05. The number of amides is 1. The number of hydrogen-bond acceptors (Lipinski definition) is 2. The first-order valence-corrected chi connectivity index (χ1v) is 6.64. The molecule has 0 spiro atoms. The Morgan fingerprint density at radius 1 is 1.17 bits per heavy atom. The SMILES string of the molecule is CC(C)CCNC(=O)CN[C@H](C)c1ccccc1. The van der Waals surface area contributed by atoms with Crippen LogP contribution >= 0.6 is 0 Å². The van der Waals surface area contributed by atoms with Gasteiger partial charge in [0.05, 0.1) is 6.54 Å². The van der Waals surface area contributed by atoms with E-state index in [-0.39, 0.29) is 11.9 Å². The van der Waals surface area contributed by atoms with E-state index in [1.54, 1.807) is 0 Å². The largest absolute Gasteiger partial charge is 0.355 e. The zero-order valence-electron chi connectivity index (χ0n) is 11.6. The van der Waals surface area contributed by atoms with Crippen molar-refractivity contribution < 1.29 is 4.79 Å². The van der Waals surface area contributed by atoms with Crippen LogP contribution in [0.15, 0.2) is 30.3 Å². The molecule has 0 heterocycles. The molecule has 1 atom stereocenters. The van der Waals surface area contributed by atoms with Crippen LogP contribution in [0.2, 0.25) is 0 Å². The van der Waals surface area contributed by atoms with E-state index in [9.17, 15) is 4.79 Å². The quantitative estimate of drug-likeness (QED) is 0.778. The average Bonchev–Trinajstić information content (AvgIpc) is 2.36. The van der Waals surface area contributed by atoms with Crippen LogP contribution in [0.25, 0.3) is 0 Å². The fourth-order valence-corrected chi connectivity index (χ4v) is 1.67. The summed E-state index contributed by atoms with van der Waals surface area (Å²) < 4.78 is 0. The van der Waals surface area contributed by atoms with E-state index in [1.165, 1.54) is 5.56 Å². The first-order valence-electron chi connectivity index (χ1n) is 6.64. The third-order valence-electron chi connectivity index (χ3n) is 2.91. The van der Waals surface area contributed by atoms with Gasteiger partial charge in [0.2, 0.25) is 5.91 Å². The zero-order valence-corrected chi connectivity index (χ0v) is 11.6. The Hall–Kier alpha value is -1.35. The highest BCUT2D eigenvalue weighted by molar-refractivity contribution is 5.77. The van der Waals surface area contributed by atoms with Crippen LogP contribution in [-0.4, -0.2) is 19.0 Å². The Kier molecular flexibility index (Phi) is 6.44. The lowest BCUT2D eigenvalue weighted by Crippen LogP contribution is -2.35. The van der Waals surface area contributed by atoms with Gasteiger partial charge in [0, 0.05) is 12.6 Å². The van der Waals surface area contributed by atoms with Gasteiger partial charge in [0.15, 0.2) is 0 Å². The Morgan fingerprint density at radius 2 is 1.83 bits per heavy atom. The first kappa shape index (κ1) is 14.7. The van der Waals surface area contributed by atoms with Gasteiger partial charge in [-0.05, 0) is 24.8 Å². The minimum atomic E-state index is 0.0680. The van der Waals surface area contributed by atoms with Gasteiger partial charge in [0.25, 0.3) is 0 Å². The Balaban J connectivity index is 2.22. The normalized spacial score (nSPS) is 12.4.